The summed E-state index contributed by atoms with van der Waals surface area (Å²) in [6, 6.07) is 0.540. The molecule has 0 amide bonds. The van der Waals surface area contributed by atoms with Crippen molar-refractivity contribution < 1.29 is 0 Å². The van der Waals surface area contributed by atoms with Crippen LogP contribution < -0.4 is 4.90 Å². The Morgan fingerprint density at radius 1 is 1.21 bits per heavy atom. The normalized spacial score (nSPS) is 19.1. The van der Waals surface area contributed by atoms with Gasteiger partial charge in [-0.15, -0.1) is 16.7 Å². The van der Waals surface area contributed by atoms with Gasteiger partial charge in [-0.2, -0.15) is 5.10 Å². The van der Waals surface area contributed by atoms with Crippen LogP contribution in [0.3, 0.4) is 0 Å². The summed E-state index contributed by atoms with van der Waals surface area (Å²) in [5, 5.41) is 8.68. The maximum Gasteiger partial charge on any atom is 0.245 e. The molecule has 4 nitrogen and oxygen atoms in total. The molecule has 106 valence electrons. The molecule has 0 aliphatic carbocycles. The van der Waals surface area contributed by atoms with Gasteiger partial charge in [0.15, 0.2) is 0 Å². The number of nitrogens with zero attached hydrogens (tertiary/aromatic N) is 4. The lowest BCUT2D eigenvalue weighted by Crippen LogP contribution is -2.31. The van der Waals surface area contributed by atoms with E-state index in [0.717, 1.165) is 55.4 Å². The van der Waals surface area contributed by atoms with E-state index >= 15 is 0 Å². The van der Waals surface area contributed by atoms with Crippen molar-refractivity contribution in [2.24, 2.45) is 0 Å². The van der Waals surface area contributed by atoms with E-state index in [1.807, 2.05) is 0 Å². The first-order chi connectivity index (χ1) is 9.30. The second kappa shape index (κ2) is 7.04. The summed E-state index contributed by atoms with van der Waals surface area (Å²) in [6.07, 6.45) is 6.45. The van der Waals surface area contributed by atoms with Crippen LogP contribution in [-0.4, -0.2) is 33.6 Å². The molecular formula is C14H23ClN4. The number of alkyl halides is 1. The summed E-state index contributed by atoms with van der Waals surface area (Å²) in [4.78, 5) is 7.04. The third kappa shape index (κ3) is 3.35. The molecule has 1 unspecified atom stereocenters. The van der Waals surface area contributed by atoms with Crippen molar-refractivity contribution in [3.05, 3.63) is 11.4 Å². The van der Waals surface area contributed by atoms with E-state index in [-0.39, 0.29) is 0 Å². The Hall–Kier alpha value is -0.900. The molecule has 1 aliphatic heterocycles. The van der Waals surface area contributed by atoms with Crippen LogP contribution in [0.15, 0.2) is 0 Å². The minimum atomic E-state index is 0.540. The zero-order valence-electron chi connectivity index (χ0n) is 11.9. The van der Waals surface area contributed by atoms with Gasteiger partial charge in [-0.3, -0.25) is 0 Å². The van der Waals surface area contributed by atoms with E-state index in [1.165, 1.54) is 12.8 Å². The molecule has 0 N–H and O–H groups in total. The van der Waals surface area contributed by atoms with Gasteiger partial charge in [-0.25, -0.2) is 4.98 Å². The molecule has 2 heterocycles. The second-order valence-electron chi connectivity index (χ2n) is 5.03. The standard InChI is InChI=1S/C14H23ClN4/c1-3-12-13(4-2)17-18-14(16-12)19-10-6-8-11(19)7-5-9-15/h11H,3-10H2,1-2H3. The Bertz CT molecular complexity index is 410. The molecule has 5 heteroatoms. The van der Waals surface area contributed by atoms with Gasteiger partial charge in [0, 0.05) is 18.5 Å². The summed E-state index contributed by atoms with van der Waals surface area (Å²) >= 11 is 5.80. The highest BCUT2D eigenvalue weighted by Gasteiger charge is 2.26. The Balaban J connectivity index is 2.16. The molecule has 19 heavy (non-hydrogen) atoms. The van der Waals surface area contributed by atoms with Gasteiger partial charge in [-0.1, -0.05) is 13.8 Å². The maximum absolute atomic E-state index is 5.80. The van der Waals surface area contributed by atoms with Crippen LogP contribution in [0.5, 0.6) is 0 Å². The molecule has 2 rings (SSSR count). The fourth-order valence-corrected chi connectivity index (χ4v) is 2.92. The van der Waals surface area contributed by atoms with Gasteiger partial charge in [-0.05, 0) is 38.5 Å². The van der Waals surface area contributed by atoms with E-state index in [1.54, 1.807) is 0 Å². The second-order valence-corrected chi connectivity index (χ2v) is 5.41. The molecule has 1 aliphatic rings. The summed E-state index contributed by atoms with van der Waals surface area (Å²) in [5.74, 6) is 1.55. The monoisotopic (exact) mass is 282 g/mol. The van der Waals surface area contributed by atoms with Crippen LogP contribution in [0.1, 0.15) is 50.9 Å². The highest BCUT2D eigenvalue weighted by atomic mass is 35.5. The lowest BCUT2D eigenvalue weighted by Gasteiger charge is -2.24. The topological polar surface area (TPSA) is 41.9 Å². The Labute approximate surface area is 120 Å². The minimum Gasteiger partial charge on any atom is -0.337 e. The number of hydrogen-bond donors (Lipinski definition) is 0. The molecular weight excluding hydrogens is 260 g/mol. The number of anilines is 1. The molecule has 0 saturated carbocycles. The van der Waals surface area contributed by atoms with E-state index in [4.69, 9.17) is 16.6 Å². The number of halogens is 1. The molecule has 1 saturated heterocycles. The van der Waals surface area contributed by atoms with Gasteiger partial charge >= 0.3 is 0 Å². The third-order valence-corrected chi connectivity index (χ3v) is 4.07. The van der Waals surface area contributed by atoms with Crippen molar-refractivity contribution in [1.29, 1.82) is 0 Å². The van der Waals surface area contributed by atoms with Gasteiger partial charge in [0.05, 0.1) is 11.4 Å². The largest absolute Gasteiger partial charge is 0.337 e. The average molecular weight is 283 g/mol. The zero-order chi connectivity index (χ0) is 13.7. The first kappa shape index (κ1) is 14.5. The molecule has 1 fully saturated rings. The fraction of sp³-hybridized carbons (Fsp3) is 0.786. The van der Waals surface area contributed by atoms with Crippen LogP contribution in [0.4, 0.5) is 5.95 Å². The highest BCUT2D eigenvalue weighted by molar-refractivity contribution is 6.17. The smallest absolute Gasteiger partial charge is 0.245 e. The highest BCUT2D eigenvalue weighted by Crippen LogP contribution is 2.25. The lowest BCUT2D eigenvalue weighted by molar-refractivity contribution is 0.588. The molecule has 0 aromatic carbocycles. The van der Waals surface area contributed by atoms with Gasteiger partial charge in [0.1, 0.15) is 0 Å². The van der Waals surface area contributed by atoms with E-state index in [0.29, 0.717) is 6.04 Å². The van der Waals surface area contributed by atoms with Crippen molar-refractivity contribution >= 4 is 17.5 Å². The number of rotatable bonds is 6. The summed E-state index contributed by atoms with van der Waals surface area (Å²) in [6.45, 7) is 5.27. The van der Waals surface area contributed by atoms with Crippen molar-refractivity contribution in [2.45, 2.75) is 58.4 Å². The predicted molar refractivity (Wildman–Crippen MR) is 78.9 cm³/mol. The van der Waals surface area contributed by atoms with E-state index < -0.39 is 0 Å². The lowest BCUT2D eigenvalue weighted by atomic mass is 10.1. The van der Waals surface area contributed by atoms with Crippen molar-refractivity contribution in [2.75, 3.05) is 17.3 Å². The SMILES string of the molecule is CCc1nnc(N2CCCC2CCCCl)nc1CC. The van der Waals surface area contributed by atoms with Crippen LogP contribution in [0.2, 0.25) is 0 Å². The molecule has 0 bridgehead atoms. The van der Waals surface area contributed by atoms with Crippen LogP contribution in [0, 0.1) is 0 Å². The number of aromatic nitrogens is 3. The van der Waals surface area contributed by atoms with Gasteiger partial charge in [0.2, 0.25) is 5.95 Å². The van der Waals surface area contributed by atoms with Crippen LogP contribution in [0.25, 0.3) is 0 Å². The van der Waals surface area contributed by atoms with Gasteiger partial charge in [0.25, 0.3) is 0 Å². The predicted octanol–water partition coefficient (Wildman–Crippen LogP) is 2.98. The first-order valence-electron chi connectivity index (χ1n) is 7.35. The Morgan fingerprint density at radius 2 is 2.00 bits per heavy atom. The molecule has 0 radical (unpaired) electrons. The number of aryl methyl sites for hydroxylation is 2. The van der Waals surface area contributed by atoms with Crippen LogP contribution in [-0.2, 0) is 12.8 Å². The quantitative estimate of drug-likeness (QED) is 0.752. The van der Waals surface area contributed by atoms with Crippen molar-refractivity contribution in [3.8, 4) is 0 Å². The zero-order valence-corrected chi connectivity index (χ0v) is 12.7. The molecule has 1 aromatic rings. The van der Waals surface area contributed by atoms with E-state index in [2.05, 4.69) is 28.9 Å². The fourth-order valence-electron chi connectivity index (χ4n) is 2.76. The minimum absolute atomic E-state index is 0.540. The maximum atomic E-state index is 5.80. The van der Waals surface area contributed by atoms with Gasteiger partial charge < -0.3 is 4.90 Å². The third-order valence-electron chi connectivity index (χ3n) is 3.80. The molecule has 0 spiro atoms. The van der Waals surface area contributed by atoms with Crippen molar-refractivity contribution in [1.82, 2.24) is 15.2 Å². The Kier molecular flexibility index (Phi) is 5.37. The molecule has 1 atom stereocenters. The molecule has 1 aromatic heterocycles. The Morgan fingerprint density at radius 3 is 2.68 bits per heavy atom. The summed E-state index contributed by atoms with van der Waals surface area (Å²) in [7, 11) is 0. The summed E-state index contributed by atoms with van der Waals surface area (Å²) in [5.41, 5.74) is 2.12. The summed E-state index contributed by atoms with van der Waals surface area (Å²) < 4.78 is 0. The van der Waals surface area contributed by atoms with Crippen LogP contribution >= 0.6 is 11.6 Å². The first-order valence-corrected chi connectivity index (χ1v) is 7.88. The number of hydrogen-bond acceptors (Lipinski definition) is 4. The van der Waals surface area contributed by atoms with Crippen molar-refractivity contribution in [3.63, 3.8) is 0 Å². The average Bonchev–Trinajstić information content (AvgIpc) is 2.92. The van der Waals surface area contributed by atoms with E-state index in [9.17, 15) is 0 Å².